The number of nitrogens with two attached hydrogens (primary N) is 1. The van der Waals surface area contributed by atoms with Gasteiger partial charge in [0.2, 0.25) is 15.9 Å². The van der Waals surface area contributed by atoms with Gasteiger partial charge in [-0.05, 0) is 43.2 Å². The lowest BCUT2D eigenvalue weighted by Gasteiger charge is -2.08. The Labute approximate surface area is 183 Å². The number of nitrogens with zero attached hydrogens (tertiary/aromatic N) is 3. The van der Waals surface area contributed by atoms with Crippen molar-refractivity contribution in [3.05, 3.63) is 52.1 Å². The first-order valence-electron chi connectivity index (χ1n) is 9.31. The van der Waals surface area contributed by atoms with Crippen LogP contribution in [0.5, 0.6) is 0 Å². The molecule has 1 heterocycles. The first-order chi connectivity index (χ1) is 14.6. The molecule has 0 fully saturated rings. The number of aryl methyl sites for hydroxylation is 2. The fraction of sp³-hybridized carbons (Fsp3) is 0.263. The van der Waals surface area contributed by atoms with Crippen LogP contribution >= 0.6 is 11.8 Å². The number of amides is 1. The summed E-state index contributed by atoms with van der Waals surface area (Å²) >= 11 is 1.16. The number of anilines is 1. The second kappa shape index (κ2) is 9.04. The second-order valence-electron chi connectivity index (χ2n) is 6.86. The van der Waals surface area contributed by atoms with Crippen molar-refractivity contribution in [3.63, 3.8) is 0 Å². The molecule has 3 aromatic rings. The average molecular weight is 464 g/mol. The molecule has 10 nitrogen and oxygen atoms in total. The van der Waals surface area contributed by atoms with Gasteiger partial charge in [-0.15, -0.1) is 0 Å². The van der Waals surface area contributed by atoms with Crippen LogP contribution in [-0.2, 0) is 21.4 Å². The van der Waals surface area contributed by atoms with Gasteiger partial charge in [-0.1, -0.05) is 24.8 Å². The number of imidazole rings is 1. The van der Waals surface area contributed by atoms with E-state index in [0.29, 0.717) is 22.8 Å². The van der Waals surface area contributed by atoms with Gasteiger partial charge in [0.15, 0.2) is 5.16 Å². The molecule has 0 saturated heterocycles. The molecule has 164 valence electrons. The number of thioether (sulfide) groups is 1. The predicted molar refractivity (Wildman–Crippen MR) is 119 cm³/mol. The van der Waals surface area contributed by atoms with Gasteiger partial charge in [-0.2, -0.15) is 0 Å². The minimum absolute atomic E-state index is 0.0277. The molecular weight excluding hydrogens is 442 g/mol. The minimum atomic E-state index is -3.86. The zero-order valence-corrected chi connectivity index (χ0v) is 18.5. The average Bonchev–Trinajstić information content (AvgIpc) is 3.04. The van der Waals surface area contributed by atoms with E-state index in [1.165, 1.54) is 24.3 Å². The normalized spacial score (nSPS) is 11.6. The van der Waals surface area contributed by atoms with Crippen molar-refractivity contribution in [3.8, 4) is 0 Å². The third-order valence-corrected chi connectivity index (χ3v) is 6.30. The summed E-state index contributed by atoms with van der Waals surface area (Å²) in [6.45, 7) is 4.34. The van der Waals surface area contributed by atoms with Crippen LogP contribution in [0.1, 0.15) is 18.9 Å². The summed E-state index contributed by atoms with van der Waals surface area (Å²) in [4.78, 5) is 27.5. The number of rotatable bonds is 8. The maximum Gasteiger partial charge on any atom is 0.293 e. The molecule has 0 aliphatic carbocycles. The van der Waals surface area contributed by atoms with Gasteiger partial charge in [0, 0.05) is 12.6 Å². The Kier molecular flexibility index (Phi) is 6.62. The van der Waals surface area contributed by atoms with Crippen molar-refractivity contribution < 1.29 is 18.1 Å². The number of nitrogens with one attached hydrogen (secondary N) is 1. The Morgan fingerprint density at radius 2 is 2.03 bits per heavy atom. The number of primary sulfonamides is 1. The Hall–Kier alpha value is -2.96. The third-order valence-electron chi connectivity index (χ3n) is 4.42. The lowest BCUT2D eigenvalue weighted by molar-refractivity contribution is -0.384. The number of fused-ring (bicyclic) bond motifs is 1. The van der Waals surface area contributed by atoms with Gasteiger partial charge in [0.05, 0.1) is 26.6 Å². The summed E-state index contributed by atoms with van der Waals surface area (Å²) < 4.78 is 25.1. The van der Waals surface area contributed by atoms with Crippen LogP contribution in [0.4, 0.5) is 11.4 Å². The molecule has 3 rings (SSSR count). The summed E-state index contributed by atoms with van der Waals surface area (Å²) in [5.74, 6) is -0.447. The van der Waals surface area contributed by atoms with Gasteiger partial charge in [0.25, 0.3) is 5.69 Å². The molecule has 0 radical (unpaired) electrons. The van der Waals surface area contributed by atoms with E-state index < -0.39 is 20.9 Å². The number of nitro groups is 1. The van der Waals surface area contributed by atoms with E-state index in [0.717, 1.165) is 23.7 Å². The van der Waals surface area contributed by atoms with Crippen molar-refractivity contribution in [2.45, 2.75) is 36.9 Å². The summed E-state index contributed by atoms with van der Waals surface area (Å²) in [7, 11) is -3.86. The van der Waals surface area contributed by atoms with Crippen LogP contribution in [0.2, 0.25) is 0 Å². The van der Waals surface area contributed by atoms with E-state index in [-0.39, 0.29) is 22.0 Å². The van der Waals surface area contributed by atoms with Crippen molar-refractivity contribution in [1.82, 2.24) is 9.55 Å². The van der Waals surface area contributed by atoms with E-state index in [4.69, 9.17) is 5.14 Å². The molecule has 0 saturated carbocycles. The van der Waals surface area contributed by atoms with E-state index in [9.17, 15) is 23.3 Å². The van der Waals surface area contributed by atoms with Crippen molar-refractivity contribution in [1.29, 1.82) is 0 Å². The highest BCUT2D eigenvalue weighted by Gasteiger charge is 2.18. The van der Waals surface area contributed by atoms with Crippen LogP contribution in [-0.4, -0.2) is 34.6 Å². The molecule has 12 heteroatoms. The molecule has 2 aromatic carbocycles. The molecule has 0 aliphatic heterocycles. The second-order valence-corrected chi connectivity index (χ2v) is 9.36. The Bertz CT molecular complexity index is 1270. The van der Waals surface area contributed by atoms with E-state index in [1.807, 2.05) is 11.5 Å². The zero-order valence-electron chi connectivity index (χ0n) is 16.9. The Balaban J connectivity index is 1.82. The highest BCUT2D eigenvalue weighted by atomic mass is 32.2. The van der Waals surface area contributed by atoms with E-state index in [2.05, 4.69) is 10.3 Å². The molecule has 31 heavy (non-hydrogen) atoms. The number of sulfonamides is 1. The zero-order chi connectivity index (χ0) is 22.8. The topological polar surface area (TPSA) is 150 Å². The Morgan fingerprint density at radius 3 is 2.68 bits per heavy atom. The molecule has 0 aliphatic rings. The van der Waals surface area contributed by atoms with Crippen molar-refractivity contribution in [2.75, 3.05) is 11.1 Å². The molecule has 0 spiro atoms. The fourth-order valence-electron chi connectivity index (χ4n) is 3.03. The van der Waals surface area contributed by atoms with Crippen molar-refractivity contribution in [2.24, 2.45) is 5.14 Å². The Morgan fingerprint density at radius 1 is 1.29 bits per heavy atom. The molecule has 0 unspecified atom stereocenters. The van der Waals surface area contributed by atoms with E-state index >= 15 is 0 Å². The lowest BCUT2D eigenvalue weighted by Crippen LogP contribution is -2.15. The summed E-state index contributed by atoms with van der Waals surface area (Å²) in [6.07, 6.45) is 0.803. The fourth-order valence-corrected chi connectivity index (χ4v) is 4.40. The third kappa shape index (κ3) is 5.21. The number of carbonyl (C=O) groups excluding carboxylic acids is 1. The predicted octanol–water partition coefficient (Wildman–Crippen LogP) is 3.04. The number of nitro benzene ring substituents is 1. The lowest BCUT2D eigenvalue weighted by atomic mass is 10.2. The molecule has 1 amide bonds. The highest BCUT2D eigenvalue weighted by Crippen LogP contribution is 2.28. The summed E-state index contributed by atoms with van der Waals surface area (Å²) in [5, 5.41) is 19.5. The van der Waals surface area contributed by atoms with Gasteiger partial charge in [-0.25, -0.2) is 18.5 Å². The van der Waals surface area contributed by atoms with Gasteiger partial charge in [-0.3, -0.25) is 14.9 Å². The van der Waals surface area contributed by atoms with Gasteiger partial charge >= 0.3 is 0 Å². The van der Waals surface area contributed by atoms with Gasteiger partial charge < -0.3 is 9.88 Å². The van der Waals surface area contributed by atoms with Crippen molar-refractivity contribution >= 4 is 50.1 Å². The first kappa shape index (κ1) is 22.7. The smallest absolute Gasteiger partial charge is 0.293 e. The number of hydrogen-bond acceptors (Lipinski definition) is 7. The maximum atomic E-state index is 12.4. The number of aromatic nitrogens is 2. The largest absolute Gasteiger partial charge is 0.320 e. The maximum absolute atomic E-state index is 12.4. The molecular formula is C19H21N5O5S2. The number of carbonyl (C=O) groups is 1. The first-order valence-corrected chi connectivity index (χ1v) is 11.8. The molecule has 0 bridgehead atoms. The highest BCUT2D eigenvalue weighted by molar-refractivity contribution is 7.99. The standard InChI is InChI=1S/C19H21N5O5S2/c1-3-8-23-16-7-5-13(31(20,28)29)10-15(16)22-19(23)30-11-18(25)21-14-6-4-12(2)9-17(14)24(26)27/h4-7,9-10H,3,8,11H2,1-2H3,(H,21,25)(H2,20,28,29). The quantitative estimate of drug-likeness (QED) is 0.296. The van der Waals surface area contributed by atoms with Crippen LogP contribution in [0, 0.1) is 17.0 Å². The van der Waals surface area contributed by atoms with E-state index in [1.54, 1.807) is 19.1 Å². The van der Waals surface area contributed by atoms with Crippen LogP contribution < -0.4 is 10.5 Å². The van der Waals surface area contributed by atoms with Gasteiger partial charge in [0.1, 0.15) is 5.69 Å². The number of benzene rings is 2. The van der Waals surface area contributed by atoms with Crippen LogP contribution in [0.25, 0.3) is 11.0 Å². The van der Waals surface area contributed by atoms with Crippen LogP contribution in [0.3, 0.4) is 0 Å². The van der Waals surface area contributed by atoms with Crippen LogP contribution in [0.15, 0.2) is 46.5 Å². The summed E-state index contributed by atoms with van der Waals surface area (Å²) in [6, 6.07) is 9.03. The minimum Gasteiger partial charge on any atom is -0.320 e. The number of hydrogen-bond donors (Lipinski definition) is 2. The summed E-state index contributed by atoms with van der Waals surface area (Å²) in [5.41, 5.74) is 1.85. The monoisotopic (exact) mass is 463 g/mol. The molecule has 0 atom stereocenters. The SMILES string of the molecule is CCCn1c(SCC(=O)Nc2ccc(C)cc2[N+](=O)[O-])nc2cc(S(N)(=O)=O)ccc21. The molecule has 3 N–H and O–H groups in total. The molecule has 1 aromatic heterocycles.